The number of benzene rings is 2. The molecule has 1 fully saturated rings. The Kier molecular flexibility index (Phi) is 4.53. The predicted octanol–water partition coefficient (Wildman–Crippen LogP) is 3.72. The van der Waals surface area contributed by atoms with Crippen molar-refractivity contribution in [1.82, 2.24) is 4.31 Å². The fourth-order valence-electron chi connectivity index (χ4n) is 2.39. The average molecular weight is 412 g/mol. The number of thioether (sulfide) groups is 1. The van der Waals surface area contributed by atoms with Crippen LogP contribution >= 0.6 is 27.7 Å². The van der Waals surface area contributed by atoms with Crippen molar-refractivity contribution in [3.8, 4) is 0 Å². The number of carbonyl (C=O) groups excluding carboxylic acids is 1. The van der Waals surface area contributed by atoms with Gasteiger partial charge in [-0.05, 0) is 36.8 Å². The number of amides is 1. The van der Waals surface area contributed by atoms with Crippen LogP contribution in [0, 0.1) is 6.92 Å². The molecule has 1 aliphatic heterocycles. The van der Waals surface area contributed by atoms with Crippen LogP contribution in [-0.2, 0) is 14.8 Å². The molecule has 1 unspecified atom stereocenters. The van der Waals surface area contributed by atoms with E-state index in [-0.39, 0.29) is 16.6 Å². The number of rotatable bonds is 3. The minimum absolute atomic E-state index is 0.138. The Balaban J connectivity index is 2.04. The van der Waals surface area contributed by atoms with Crippen LogP contribution in [0.15, 0.2) is 57.9 Å². The number of nitrogens with zero attached hydrogens (tertiary/aromatic N) is 1. The lowest BCUT2D eigenvalue weighted by Gasteiger charge is -2.24. The molecule has 23 heavy (non-hydrogen) atoms. The lowest BCUT2D eigenvalue weighted by atomic mass is 10.2. The van der Waals surface area contributed by atoms with E-state index in [1.165, 1.54) is 11.8 Å². The molecule has 2 aromatic carbocycles. The Morgan fingerprint density at radius 1 is 1.17 bits per heavy atom. The molecule has 120 valence electrons. The lowest BCUT2D eigenvalue weighted by molar-refractivity contribution is -0.123. The molecular weight excluding hydrogens is 398 g/mol. The van der Waals surface area contributed by atoms with Crippen LogP contribution in [0.2, 0.25) is 0 Å². The quantitative estimate of drug-likeness (QED) is 0.771. The first-order valence-electron chi connectivity index (χ1n) is 6.90. The summed E-state index contributed by atoms with van der Waals surface area (Å²) in [6, 6.07) is 13.9. The SMILES string of the molecule is Cc1ccc(S(=O)(=O)N2C(=O)CSC2c2cccc(Br)c2)cc1. The maximum absolute atomic E-state index is 12.9. The highest BCUT2D eigenvalue weighted by molar-refractivity contribution is 9.10. The van der Waals surface area contributed by atoms with Crippen LogP contribution in [0.25, 0.3) is 0 Å². The maximum Gasteiger partial charge on any atom is 0.267 e. The van der Waals surface area contributed by atoms with E-state index in [2.05, 4.69) is 15.9 Å². The first-order chi connectivity index (χ1) is 10.9. The molecule has 0 radical (unpaired) electrons. The lowest BCUT2D eigenvalue weighted by Crippen LogP contribution is -2.34. The summed E-state index contributed by atoms with van der Waals surface area (Å²) in [5.74, 6) is -0.233. The molecule has 1 aliphatic rings. The highest BCUT2D eigenvalue weighted by Crippen LogP contribution is 2.42. The first kappa shape index (κ1) is 16.5. The van der Waals surface area contributed by atoms with Crippen molar-refractivity contribution in [2.75, 3.05) is 5.75 Å². The molecule has 0 spiro atoms. The van der Waals surface area contributed by atoms with Crippen LogP contribution in [0.3, 0.4) is 0 Å². The summed E-state index contributed by atoms with van der Waals surface area (Å²) in [6.07, 6.45) is 0. The van der Waals surface area contributed by atoms with E-state index >= 15 is 0 Å². The Morgan fingerprint density at radius 3 is 2.52 bits per heavy atom. The van der Waals surface area contributed by atoms with E-state index in [1.807, 2.05) is 31.2 Å². The van der Waals surface area contributed by atoms with Crippen molar-refractivity contribution >= 4 is 43.6 Å². The van der Waals surface area contributed by atoms with Crippen molar-refractivity contribution in [2.45, 2.75) is 17.2 Å². The van der Waals surface area contributed by atoms with Gasteiger partial charge in [0.05, 0.1) is 10.6 Å². The van der Waals surface area contributed by atoms with E-state index in [9.17, 15) is 13.2 Å². The second-order valence-electron chi connectivity index (χ2n) is 5.23. The summed E-state index contributed by atoms with van der Waals surface area (Å²) in [7, 11) is -3.87. The first-order valence-corrected chi connectivity index (χ1v) is 10.2. The van der Waals surface area contributed by atoms with Crippen LogP contribution in [0.5, 0.6) is 0 Å². The maximum atomic E-state index is 12.9. The summed E-state index contributed by atoms with van der Waals surface area (Å²) in [6.45, 7) is 1.89. The van der Waals surface area contributed by atoms with E-state index in [0.29, 0.717) is 0 Å². The molecule has 0 bridgehead atoms. The monoisotopic (exact) mass is 411 g/mol. The van der Waals surface area contributed by atoms with Gasteiger partial charge in [0.15, 0.2) is 0 Å². The smallest absolute Gasteiger partial charge is 0.267 e. The summed E-state index contributed by atoms with van der Waals surface area (Å²) >= 11 is 4.71. The Morgan fingerprint density at radius 2 is 1.87 bits per heavy atom. The van der Waals surface area contributed by atoms with Gasteiger partial charge in [-0.1, -0.05) is 45.8 Å². The Labute approximate surface area is 148 Å². The minimum Gasteiger partial charge on any atom is -0.273 e. The Bertz CT molecular complexity index is 850. The highest BCUT2D eigenvalue weighted by atomic mass is 79.9. The minimum atomic E-state index is -3.87. The number of hydrogen-bond donors (Lipinski definition) is 0. The molecule has 1 saturated heterocycles. The summed E-state index contributed by atoms with van der Waals surface area (Å²) in [5, 5.41) is -0.536. The van der Waals surface area contributed by atoms with Crippen LogP contribution in [0.4, 0.5) is 0 Å². The third kappa shape index (κ3) is 3.18. The molecule has 4 nitrogen and oxygen atoms in total. The largest absolute Gasteiger partial charge is 0.273 e. The van der Waals surface area contributed by atoms with Gasteiger partial charge in [-0.15, -0.1) is 11.8 Å². The number of sulfonamides is 1. The zero-order chi connectivity index (χ0) is 16.6. The molecule has 0 saturated carbocycles. The molecule has 0 N–H and O–H groups in total. The van der Waals surface area contributed by atoms with Gasteiger partial charge in [0.1, 0.15) is 5.37 Å². The second-order valence-corrected chi connectivity index (χ2v) is 9.03. The molecule has 3 rings (SSSR count). The topological polar surface area (TPSA) is 54.5 Å². The van der Waals surface area contributed by atoms with Crippen LogP contribution in [0.1, 0.15) is 16.5 Å². The summed E-state index contributed by atoms with van der Waals surface area (Å²) in [5.41, 5.74) is 1.75. The van der Waals surface area contributed by atoms with Gasteiger partial charge in [0.2, 0.25) is 5.91 Å². The van der Waals surface area contributed by atoms with Crippen molar-refractivity contribution < 1.29 is 13.2 Å². The van der Waals surface area contributed by atoms with Gasteiger partial charge in [0.25, 0.3) is 10.0 Å². The number of hydrogen-bond acceptors (Lipinski definition) is 4. The molecule has 1 heterocycles. The van der Waals surface area contributed by atoms with E-state index in [0.717, 1.165) is 19.9 Å². The third-order valence-corrected chi connectivity index (χ3v) is 7.17. The fourth-order valence-corrected chi connectivity index (χ4v) is 5.85. The van der Waals surface area contributed by atoms with E-state index in [1.54, 1.807) is 24.3 Å². The van der Waals surface area contributed by atoms with Crippen LogP contribution in [-0.4, -0.2) is 24.4 Å². The van der Waals surface area contributed by atoms with Gasteiger partial charge < -0.3 is 0 Å². The molecule has 1 amide bonds. The Hall–Kier alpha value is -1.31. The van der Waals surface area contributed by atoms with Crippen molar-refractivity contribution in [3.05, 3.63) is 64.1 Å². The van der Waals surface area contributed by atoms with Gasteiger partial charge in [-0.3, -0.25) is 4.79 Å². The van der Waals surface area contributed by atoms with Gasteiger partial charge >= 0.3 is 0 Å². The van der Waals surface area contributed by atoms with Gasteiger partial charge in [-0.25, -0.2) is 12.7 Å². The van der Waals surface area contributed by atoms with E-state index in [4.69, 9.17) is 0 Å². The van der Waals surface area contributed by atoms with E-state index < -0.39 is 15.4 Å². The standard InChI is InChI=1S/C16H14BrNO3S2/c1-11-5-7-14(8-6-11)23(20,21)18-15(19)10-22-16(18)12-3-2-4-13(17)9-12/h2-9,16H,10H2,1H3. The van der Waals surface area contributed by atoms with Crippen molar-refractivity contribution in [3.63, 3.8) is 0 Å². The van der Waals surface area contributed by atoms with Gasteiger partial charge in [0, 0.05) is 4.47 Å². The molecule has 1 atom stereocenters. The zero-order valence-electron chi connectivity index (χ0n) is 12.3. The van der Waals surface area contributed by atoms with Crippen molar-refractivity contribution in [2.24, 2.45) is 0 Å². The third-order valence-electron chi connectivity index (χ3n) is 3.54. The molecule has 0 aromatic heterocycles. The number of aryl methyl sites for hydroxylation is 1. The summed E-state index contributed by atoms with van der Waals surface area (Å²) in [4.78, 5) is 12.4. The zero-order valence-corrected chi connectivity index (χ0v) is 15.5. The fraction of sp³-hybridized carbons (Fsp3) is 0.188. The average Bonchev–Trinajstić information content (AvgIpc) is 2.90. The number of carbonyl (C=O) groups is 1. The molecule has 0 aliphatic carbocycles. The normalized spacial score (nSPS) is 18.4. The highest BCUT2D eigenvalue weighted by Gasteiger charge is 2.41. The predicted molar refractivity (Wildman–Crippen MR) is 94.6 cm³/mol. The molecule has 2 aromatic rings. The van der Waals surface area contributed by atoms with Gasteiger partial charge in [-0.2, -0.15) is 0 Å². The number of halogens is 1. The molecular formula is C16H14BrNO3S2. The molecule has 7 heteroatoms. The second kappa shape index (κ2) is 6.30. The summed E-state index contributed by atoms with van der Waals surface area (Å²) < 4.78 is 27.7. The van der Waals surface area contributed by atoms with Crippen molar-refractivity contribution in [1.29, 1.82) is 0 Å². The van der Waals surface area contributed by atoms with Crippen LogP contribution < -0.4 is 0 Å².